The van der Waals surface area contributed by atoms with Crippen molar-refractivity contribution in [3.8, 4) is 6.07 Å². The lowest BCUT2D eigenvalue weighted by atomic mass is 9.96. The molecule has 1 amide bonds. The number of aromatic nitrogens is 2. The van der Waals surface area contributed by atoms with Gasteiger partial charge in [-0.25, -0.2) is 4.68 Å². The van der Waals surface area contributed by atoms with Crippen LogP contribution >= 0.6 is 11.3 Å². The van der Waals surface area contributed by atoms with Crippen molar-refractivity contribution in [1.82, 2.24) is 9.78 Å². The van der Waals surface area contributed by atoms with Gasteiger partial charge in [0.1, 0.15) is 11.1 Å². The number of nitriles is 1. The molecule has 1 aromatic carbocycles. The maximum absolute atomic E-state index is 13.2. The molecule has 2 aromatic heterocycles. The number of carbonyl (C=O) groups excluding carboxylic acids is 1. The van der Waals surface area contributed by atoms with Gasteiger partial charge in [0.2, 0.25) is 0 Å². The third-order valence-corrected chi connectivity index (χ3v) is 6.72. The number of hydrogen-bond acceptors (Lipinski definition) is 5. The number of amides is 1. The summed E-state index contributed by atoms with van der Waals surface area (Å²) in [4.78, 5) is 27.2. The van der Waals surface area contributed by atoms with Crippen LogP contribution in [-0.2, 0) is 19.4 Å². The minimum atomic E-state index is -0.389. The summed E-state index contributed by atoms with van der Waals surface area (Å²) >= 11 is 1.49. The number of fused-ring (bicyclic) bond motifs is 2. The summed E-state index contributed by atoms with van der Waals surface area (Å²) in [5, 5.41) is 18.6. The van der Waals surface area contributed by atoms with E-state index in [-0.39, 0.29) is 17.2 Å². The van der Waals surface area contributed by atoms with Crippen molar-refractivity contribution >= 4 is 33.0 Å². The second-order valence-corrected chi connectivity index (χ2v) is 9.19. The van der Waals surface area contributed by atoms with Gasteiger partial charge in [-0.05, 0) is 49.7 Å². The first-order valence-electron chi connectivity index (χ1n) is 10.4. The van der Waals surface area contributed by atoms with Crippen molar-refractivity contribution in [2.24, 2.45) is 5.92 Å². The Morgan fingerprint density at radius 3 is 2.73 bits per heavy atom. The molecule has 154 valence electrons. The van der Waals surface area contributed by atoms with Gasteiger partial charge < -0.3 is 5.32 Å². The zero-order chi connectivity index (χ0) is 21.3. The van der Waals surface area contributed by atoms with Crippen LogP contribution < -0.4 is 10.9 Å². The molecule has 0 unspecified atom stereocenters. The van der Waals surface area contributed by atoms with Crippen molar-refractivity contribution in [2.75, 3.05) is 5.32 Å². The van der Waals surface area contributed by atoms with E-state index < -0.39 is 0 Å². The molecule has 0 fully saturated rings. The van der Waals surface area contributed by atoms with E-state index in [1.54, 1.807) is 24.3 Å². The van der Waals surface area contributed by atoms with Crippen molar-refractivity contribution < 1.29 is 4.79 Å². The van der Waals surface area contributed by atoms with Gasteiger partial charge in [-0.15, -0.1) is 11.3 Å². The summed E-state index contributed by atoms with van der Waals surface area (Å²) in [6.07, 6.45) is 4.80. The zero-order valence-corrected chi connectivity index (χ0v) is 18.0. The fraction of sp³-hybridized carbons (Fsp3) is 0.391. The van der Waals surface area contributed by atoms with Crippen LogP contribution in [0.1, 0.15) is 59.6 Å². The van der Waals surface area contributed by atoms with E-state index in [1.807, 2.05) is 0 Å². The number of anilines is 1. The maximum Gasteiger partial charge on any atom is 0.277 e. The summed E-state index contributed by atoms with van der Waals surface area (Å²) < 4.78 is 1.39. The molecule has 0 aliphatic heterocycles. The predicted octanol–water partition coefficient (Wildman–Crippen LogP) is 4.51. The highest BCUT2D eigenvalue weighted by Crippen LogP contribution is 2.37. The smallest absolute Gasteiger partial charge is 0.277 e. The number of hydrogen-bond donors (Lipinski definition) is 1. The summed E-state index contributed by atoms with van der Waals surface area (Å²) in [5.41, 5.74) is 1.67. The molecule has 4 rings (SSSR count). The lowest BCUT2D eigenvalue weighted by Gasteiger charge is -2.12. The van der Waals surface area contributed by atoms with E-state index in [9.17, 15) is 14.9 Å². The van der Waals surface area contributed by atoms with E-state index in [4.69, 9.17) is 0 Å². The van der Waals surface area contributed by atoms with Crippen LogP contribution in [0.5, 0.6) is 0 Å². The molecule has 30 heavy (non-hydrogen) atoms. The van der Waals surface area contributed by atoms with Crippen LogP contribution in [0, 0.1) is 17.2 Å². The van der Waals surface area contributed by atoms with Crippen molar-refractivity contribution in [3.63, 3.8) is 0 Å². The van der Waals surface area contributed by atoms with E-state index in [0.717, 1.165) is 37.7 Å². The predicted molar refractivity (Wildman–Crippen MR) is 119 cm³/mol. The summed E-state index contributed by atoms with van der Waals surface area (Å²) in [6.45, 7) is 4.63. The molecule has 3 aromatic rings. The molecule has 6 nitrogen and oxygen atoms in total. The molecule has 1 aliphatic rings. The molecular weight excluding hydrogens is 396 g/mol. The largest absolute Gasteiger partial charge is 0.311 e. The molecular formula is C23H24N4O2S. The first-order chi connectivity index (χ1) is 14.5. The standard InChI is InChI=1S/C23H24N4O2S/c1-14(2)11-12-27-23(29)17-9-4-3-8-16(17)20(26-27)21(28)25-22-18(13-24)15-7-5-6-10-19(15)30-22/h3-4,8-9,14H,5-7,10-12H2,1-2H3,(H,25,28). The van der Waals surface area contributed by atoms with E-state index in [2.05, 4.69) is 30.3 Å². The van der Waals surface area contributed by atoms with Gasteiger partial charge in [-0.3, -0.25) is 9.59 Å². The third-order valence-electron chi connectivity index (χ3n) is 5.51. The van der Waals surface area contributed by atoms with Crippen LogP contribution in [0.25, 0.3) is 10.8 Å². The first-order valence-corrected chi connectivity index (χ1v) is 11.2. The van der Waals surface area contributed by atoms with E-state index in [1.165, 1.54) is 20.9 Å². The van der Waals surface area contributed by atoms with Crippen LogP contribution in [0.3, 0.4) is 0 Å². The van der Waals surface area contributed by atoms with Crippen LogP contribution in [-0.4, -0.2) is 15.7 Å². The Bertz CT molecular complexity index is 1220. The average molecular weight is 421 g/mol. The third kappa shape index (κ3) is 3.75. The van der Waals surface area contributed by atoms with Gasteiger partial charge in [-0.2, -0.15) is 10.4 Å². The number of benzene rings is 1. The molecule has 2 heterocycles. The SMILES string of the molecule is CC(C)CCn1nc(C(=O)Nc2sc3c(c2C#N)CCCC3)c2ccccc2c1=O. The fourth-order valence-electron chi connectivity index (χ4n) is 3.87. The molecule has 1 N–H and O–H groups in total. The Morgan fingerprint density at radius 2 is 2.00 bits per heavy atom. The zero-order valence-electron chi connectivity index (χ0n) is 17.2. The highest BCUT2D eigenvalue weighted by Gasteiger charge is 2.24. The monoisotopic (exact) mass is 420 g/mol. The molecule has 1 aliphatic carbocycles. The topological polar surface area (TPSA) is 87.8 Å². The number of rotatable bonds is 5. The van der Waals surface area contributed by atoms with E-state index >= 15 is 0 Å². The molecule has 0 atom stereocenters. The molecule has 0 spiro atoms. The fourth-order valence-corrected chi connectivity index (χ4v) is 5.10. The first kappa shape index (κ1) is 20.3. The Hall–Kier alpha value is -2.98. The van der Waals surface area contributed by atoms with Crippen molar-refractivity contribution in [3.05, 3.63) is 56.3 Å². The minimum absolute atomic E-state index is 0.188. The molecule has 0 radical (unpaired) electrons. The Balaban J connectivity index is 1.75. The number of carbonyl (C=O) groups is 1. The summed E-state index contributed by atoms with van der Waals surface area (Å²) in [6, 6.07) is 9.33. The van der Waals surface area contributed by atoms with Gasteiger partial charge >= 0.3 is 0 Å². The molecule has 0 bridgehead atoms. The quantitative estimate of drug-likeness (QED) is 0.658. The molecule has 7 heteroatoms. The maximum atomic E-state index is 13.2. The van der Waals surface area contributed by atoms with Crippen LogP contribution in [0.4, 0.5) is 5.00 Å². The summed E-state index contributed by atoms with van der Waals surface area (Å²) in [7, 11) is 0. The molecule has 0 saturated carbocycles. The van der Waals surface area contributed by atoms with Gasteiger partial charge in [0, 0.05) is 16.8 Å². The lowest BCUT2D eigenvalue weighted by Crippen LogP contribution is -2.28. The number of thiophene rings is 1. The second kappa shape index (κ2) is 8.41. The van der Waals surface area contributed by atoms with E-state index in [0.29, 0.717) is 33.8 Å². The highest BCUT2D eigenvalue weighted by molar-refractivity contribution is 7.16. The van der Waals surface area contributed by atoms with Gasteiger partial charge in [-0.1, -0.05) is 32.0 Å². The lowest BCUT2D eigenvalue weighted by molar-refractivity contribution is 0.102. The minimum Gasteiger partial charge on any atom is -0.311 e. The van der Waals surface area contributed by atoms with Gasteiger partial charge in [0.05, 0.1) is 10.9 Å². The average Bonchev–Trinajstić information content (AvgIpc) is 3.10. The van der Waals surface area contributed by atoms with Gasteiger partial charge in [0.15, 0.2) is 5.69 Å². The molecule has 0 saturated heterocycles. The normalized spacial score (nSPS) is 13.3. The summed E-state index contributed by atoms with van der Waals surface area (Å²) in [5.74, 6) is 0.0256. The number of nitrogens with one attached hydrogen (secondary N) is 1. The van der Waals surface area contributed by atoms with Gasteiger partial charge in [0.25, 0.3) is 11.5 Å². The second-order valence-electron chi connectivity index (χ2n) is 8.09. The van der Waals surface area contributed by atoms with Crippen LogP contribution in [0.2, 0.25) is 0 Å². The highest BCUT2D eigenvalue weighted by atomic mass is 32.1. The Morgan fingerprint density at radius 1 is 1.27 bits per heavy atom. The number of aryl methyl sites for hydroxylation is 2. The van der Waals surface area contributed by atoms with Crippen LogP contribution in [0.15, 0.2) is 29.1 Å². The van der Waals surface area contributed by atoms with Crippen molar-refractivity contribution in [1.29, 1.82) is 5.26 Å². The number of nitrogens with zero attached hydrogens (tertiary/aromatic N) is 3. The Labute approximate surface area is 179 Å². The van der Waals surface area contributed by atoms with Crippen molar-refractivity contribution in [2.45, 2.75) is 52.5 Å². The Kier molecular flexibility index (Phi) is 5.69.